The van der Waals surface area contributed by atoms with Crippen molar-refractivity contribution in [2.45, 2.75) is 50.7 Å². The highest BCUT2D eigenvalue weighted by Gasteiger charge is 2.29. The van der Waals surface area contributed by atoms with Crippen molar-refractivity contribution >= 4 is 6.03 Å². The summed E-state index contributed by atoms with van der Waals surface area (Å²) < 4.78 is 29.2. The van der Waals surface area contributed by atoms with Crippen LogP contribution in [-0.2, 0) is 6.54 Å². The molecule has 1 aromatic rings. The van der Waals surface area contributed by atoms with Crippen LogP contribution in [0.4, 0.5) is 13.6 Å². The molecule has 0 saturated heterocycles. The topological polar surface area (TPSA) is 70.6 Å². The fraction of sp³-hybridized carbons (Fsp3) is 0.588. The molecule has 2 amide bonds. The second-order valence-electron chi connectivity index (χ2n) is 6.17. The highest BCUT2D eigenvalue weighted by atomic mass is 19.3. The van der Waals surface area contributed by atoms with Crippen LogP contribution < -0.4 is 15.4 Å². The van der Waals surface area contributed by atoms with Gasteiger partial charge in [0.25, 0.3) is 6.43 Å². The molecular formula is C17H24F2N2O3. The van der Waals surface area contributed by atoms with Gasteiger partial charge in [-0.05, 0) is 30.5 Å². The first-order chi connectivity index (χ1) is 11.5. The van der Waals surface area contributed by atoms with Gasteiger partial charge in [-0.1, -0.05) is 31.4 Å². The molecule has 0 radical (unpaired) electrons. The summed E-state index contributed by atoms with van der Waals surface area (Å²) in [5.41, 5.74) is -0.0631. The first-order valence-electron chi connectivity index (χ1n) is 8.21. The first kappa shape index (κ1) is 18.4. The second kappa shape index (κ2) is 8.82. The van der Waals surface area contributed by atoms with E-state index in [-0.39, 0.29) is 19.1 Å². The number of carbonyl (C=O) groups excluding carboxylic acids is 1. The van der Waals surface area contributed by atoms with E-state index in [9.17, 15) is 18.7 Å². The molecule has 0 heterocycles. The van der Waals surface area contributed by atoms with E-state index in [1.54, 1.807) is 24.3 Å². The number of hydrogen-bond donors (Lipinski definition) is 3. The van der Waals surface area contributed by atoms with Gasteiger partial charge in [0.15, 0.2) is 0 Å². The maximum atomic E-state index is 12.1. The van der Waals surface area contributed by atoms with Crippen LogP contribution in [0.1, 0.15) is 37.7 Å². The number of carbonyl (C=O) groups is 1. The van der Waals surface area contributed by atoms with E-state index >= 15 is 0 Å². The van der Waals surface area contributed by atoms with E-state index in [1.165, 1.54) is 0 Å². The number of nitrogens with one attached hydrogen (secondary N) is 2. The smallest absolute Gasteiger partial charge is 0.315 e. The highest BCUT2D eigenvalue weighted by molar-refractivity contribution is 5.73. The lowest BCUT2D eigenvalue weighted by Gasteiger charge is -2.32. The normalized spacial score (nSPS) is 16.7. The molecule has 3 N–H and O–H groups in total. The first-order valence-corrected chi connectivity index (χ1v) is 8.21. The molecular weight excluding hydrogens is 318 g/mol. The number of urea groups is 1. The number of alkyl halides is 2. The average molecular weight is 342 g/mol. The predicted molar refractivity (Wildman–Crippen MR) is 86.2 cm³/mol. The minimum Gasteiger partial charge on any atom is -0.488 e. The Bertz CT molecular complexity index is 534. The molecule has 0 bridgehead atoms. The quantitative estimate of drug-likeness (QED) is 0.714. The van der Waals surface area contributed by atoms with Gasteiger partial charge in [0.1, 0.15) is 12.4 Å². The summed E-state index contributed by atoms with van der Waals surface area (Å²) in [5.74, 6) is 0.339. The lowest BCUT2D eigenvalue weighted by atomic mass is 9.85. The van der Waals surface area contributed by atoms with E-state index in [2.05, 4.69) is 10.6 Å². The van der Waals surface area contributed by atoms with Crippen molar-refractivity contribution in [2.24, 2.45) is 0 Å². The molecule has 7 heteroatoms. The van der Waals surface area contributed by atoms with Crippen molar-refractivity contribution in [1.29, 1.82) is 0 Å². The van der Waals surface area contributed by atoms with E-state index < -0.39 is 18.6 Å². The van der Waals surface area contributed by atoms with Crippen LogP contribution in [0.5, 0.6) is 5.75 Å². The van der Waals surface area contributed by atoms with Crippen molar-refractivity contribution in [1.82, 2.24) is 10.6 Å². The summed E-state index contributed by atoms with van der Waals surface area (Å²) in [5, 5.41) is 15.7. The Morgan fingerprint density at radius 1 is 1.25 bits per heavy atom. The number of ether oxygens (including phenoxy) is 1. The van der Waals surface area contributed by atoms with Crippen LogP contribution in [0.3, 0.4) is 0 Å². The number of hydrogen-bond acceptors (Lipinski definition) is 3. The third-order valence-corrected chi connectivity index (χ3v) is 4.09. The van der Waals surface area contributed by atoms with Gasteiger partial charge >= 0.3 is 6.03 Å². The minimum atomic E-state index is -2.52. The van der Waals surface area contributed by atoms with Gasteiger partial charge in [-0.2, -0.15) is 0 Å². The van der Waals surface area contributed by atoms with Gasteiger partial charge in [0.2, 0.25) is 0 Å². The fourth-order valence-corrected chi connectivity index (χ4v) is 2.78. The zero-order chi connectivity index (χ0) is 17.4. The predicted octanol–water partition coefficient (Wildman–Crippen LogP) is 2.82. The standard InChI is InChI=1S/C17H24F2N2O3/c18-15(19)11-24-14-6-4-5-13(9-14)10-20-16(22)21-12-17(23)7-2-1-3-8-17/h4-6,9,15,23H,1-3,7-8,10-12H2,(H2,20,21,22). The van der Waals surface area contributed by atoms with Crippen LogP contribution in [0.15, 0.2) is 24.3 Å². The Kier molecular flexibility index (Phi) is 6.78. The van der Waals surface area contributed by atoms with Gasteiger partial charge < -0.3 is 20.5 Å². The monoisotopic (exact) mass is 342 g/mol. The summed E-state index contributed by atoms with van der Waals surface area (Å²) in [7, 11) is 0. The third-order valence-electron chi connectivity index (χ3n) is 4.09. The van der Waals surface area contributed by atoms with E-state index in [0.29, 0.717) is 18.6 Å². The van der Waals surface area contributed by atoms with Gasteiger partial charge in [0.05, 0.1) is 5.60 Å². The zero-order valence-corrected chi connectivity index (χ0v) is 13.6. The molecule has 1 aliphatic rings. The third kappa shape index (κ3) is 6.31. The van der Waals surface area contributed by atoms with Crippen molar-refractivity contribution in [3.05, 3.63) is 29.8 Å². The van der Waals surface area contributed by atoms with E-state index in [0.717, 1.165) is 24.8 Å². The van der Waals surface area contributed by atoms with E-state index in [1.807, 2.05) is 0 Å². The van der Waals surface area contributed by atoms with Crippen molar-refractivity contribution in [3.8, 4) is 5.75 Å². The maximum Gasteiger partial charge on any atom is 0.315 e. The average Bonchev–Trinajstić information content (AvgIpc) is 2.57. The Morgan fingerprint density at radius 2 is 2.00 bits per heavy atom. The molecule has 5 nitrogen and oxygen atoms in total. The van der Waals surface area contributed by atoms with Crippen LogP contribution in [0.2, 0.25) is 0 Å². The Hall–Kier alpha value is -1.89. The lowest BCUT2D eigenvalue weighted by molar-refractivity contribution is 0.00719. The summed E-state index contributed by atoms with van der Waals surface area (Å²) in [6.07, 6.45) is 1.96. The molecule has 0 aromatic heterocycles. The molecule has 0 spiro atoms. The SMILES string of the molecule is O=C(NCc1cccc(OCC(F)F)c1)NCC1(O)CCCCC1. The van der Waals surface area contributed by atoms with Gasteiger partial charge in [-0.25, -0.2) is 13.6 Å². The maximum absolute atomic E-state index is 12.1. The van der Waals surface area contributed by atoms with Gasteiger partial charge in [0, 0.05) is 13.1 Å². The van der Waals surface area contributed by atoms with E-state index in [4.69, 9.17) is 4.74 Å². The Morgan fingerprint density at radius 3 is 2.71 bits per heavy atom. The summed E-state index contributed by atoms with van der Waals surface area (Å²) in [6.45, 7) is -0.178. The molecule has 0 aliphatic heterocycles. The van der Waals surface area contributed by atoms with Crippen LogP contribution in [-0.4, -0.2) is 36.3 Å². The van der Waals surface area contributed by atoms with Crippen LogP contribution in [0, 0.1) is 0 Å². The molecule has 1 fully saturated rings. The van der Waals surface area contributed by atoms with Crippen molar-refractivity contribution < 1.29 is 23.4 Å². The Labute approximate surface area is 140 Å². The molecule has 1 aliphatic carbocycles. The number of benzene rings is 1. The molecule has 0 unspecified atom stereocenters. The largest absolute Gasteiger partial charge is 0.488 e. The minimum absolute atomic E-state index is 0.233. The molecule has 2 rings (SSSR count). The molecule has 0 atom stereocenters. The summed E-state index contributed by atoms with van der Waals surface area (Å²) >= 11 is 0. The lowest BCUT2D eigenvalue weighted by Crippen LogP contribution is -2.47. The molecule has 1 aromatic carbocycles. The molecule has 1 saturated carbocycles. The summed E-state index contributed by atoms with van der Waals surface area (Å²) in [4.78, 5) is 11.8. The van der Waals surface area contributed by atoms with Crippen LogP contribution >= 0.6 is 0 Å². The second-order valence-corrected chi connectivity index (χ2v) is 6.17. The van der Waals surface area contributed by atoms with Crippen molar-refractivity contribution in [2.75, 3.05) is 13.2 Å². The Balaban J connectivity index is 1.74. The summed E-state index contributed by atoms with van der Waals surface area (Å²) in [6, 6.07) is 6.28. The number of aliphatic hydroxyl groups is 1. The van der Waals surface area contributed by atoms with Gasteiger partial charge in [-0.3, -0.25) is 0 Å². The van der Waals surface area contributed by atoms with Crippen molar-refractivity contribution in [3.63, 3.8) is 0 Å². The number of amides is 2. The molecule has 24 heavy (non-hydrogen) atoms. The van der Waals surface area contributed by atoms with Crippen LogP contribution in [0.25, 0.3) is 0 Å². The number of rotatable bonds is 7. The number of halogens is 2. The highest BCUT2D eigenvalue weighted by Crippen LogP contribution is 2.27. The fourth-order valence-electron chi connectivity index (χ4n) is 2.78. The zero-order valence-electron chi connectivity index (χ0n) is 13.6. The van der Waals surface area contributed by atoms with Gasteiger partial charge in [-0.15, -0.1) is 0 Å². The molecule has 134 valence electrons.